The first-order valence-corrected chi connectivity index (χ1v) is 7.96. The minimum Gasteiger partial charge on any atom is -0.381 e. The maximum atomic E-state index is 13.7. The molecule has 0 amide bonds. The van der Waals surface area contributed by atoms with Crippen LogP contribution in [0.4, 0.5) is 15.8 Å². The van der Waals surface area contributed by atoms with Crippen LogP contribution >= 0.6 is 15.9 Å². The molecule has 2 aromatic carbocycles. The highest BCUT2D eigenvalue weighted by molar-refractivity contribution is 9.10. The van der Waals surface area contributed by atoms with Crippen molar-refractivity contribution in [1.29, 1.82) is 0 Å². The Morgan fingerprint density at radius 1 is 1.05 bits per heavy atom. The lowest BCUT2D eigenvalue weighted by Gasteiger charge is -2.21. The maximum absolute atomic E-state index is 13.7. The molecule has 0 atom stereocenters. The monoisotopic (exact) mass is 350 g/mol. The summed E-state index contributed by atoms with van der Waals surface area (Å²) in [4.78, 5) is 2.29. The summed E-state index contributed by atoms with van der Waals surface area (Å²) in [7, 11) is 0. The maximum Gasteiger partial charge on any atom is 0.128 e. The van der Waals surface area contributed by atoms with Gasteiger partial charge in [-0.3, -0.25) is 0 Å². The van der Waals surface area contributed by atoms with Gasteiger partial charge in [0.1, 0.15) is 5.82 Å². The highest BCUT2D eigenvalue weighted by atomic mass is 79.9. The molecule has 0 spiro atoms. The predicted molar refractivity (Wildman–Crippen MR) is 91.4 cm³/mol. The molecule has 2 rings (SSSR count). The molecule has 4 heteroatoms. The number of nitrogens with one attached hydrogen (secondary N) is 1. The first kappa shape index (κ1) is 15.8. The predicted octanol–water partition coefficient (Wildman–Crippen LogP) is 5.05. The van der Waals surface area contributed by atoms with Crippen LogP contribution in [0.2, 0.25) is 0 Å². The molecule has 0 saturated carbocycles. The van der Waals surface area contributed by atoms with Gasteiger partial charge in [-0.1, -0.05) is 15.9 Å². The second-order valence-electron chi connectivity index (χ2n) is 4.81. The van der Waals surface area contributed by atoms with Crippen LogP contribution in [0.15, 0.2) is 46.9 Å². The first-order valence-electron chi connectivity index (χ1n) is 7.16. The standard InChI is InChI=1S/C17H20BrFN2/c1-3-21(4-2)16-8-6-15(7-9-16)20-12-13-11-14(18)5-10-17(13)19/h5-11,20H,3-4,12H2,1-2H3. The Morgan fingerprint density at radius 3 is 2.33 bits per heavy atom. The zero-order valence-corrected chi connectivity index (χ0v) is 14.0. The second-order valence-corrected chi connectivity index (χ2v) is 5.72. The molecule has 0 saturated heterocycles. The van der Waals surface area contributed by atoms with Gasteiger partial charge in [0.2, 0.25) is 0 Å². The molecule has 0 aliphatic carbocycles. The van der Waals surface area contributed by atoms with E-state index < -0.39 is 0 Å². The van der Waals surface area contributed by atoms with E-state index in [1.165, 1.54) is 11.8 Å². The molecule has 0 aliphatic heterocycles. The summed E-state index contributed by atoms with van der Waals surface area (Å²) in [6.45, 7) is 6.74. The molecule has 21 heavy (non-hydrogen) atoms. The summed E-state index contributed by atoms with van der Waals surface area (Å²) < 4.78 is 14.6. The van der Waals surface area contributed by atoms with Gasteiger partial charge in [0.15, 0.2) is 0 Å². The van der Waals surface area contributed by atoms with Crippen molar-refractivity contribution in [2.45, 2.75) is 20.4 Å². The summed E-state index contributed by atoms with van der Waals surface area (Å²) in [5, 5.41) is 3.25. The molecule has 1 N–H and O–H groups in total. The zero-order valence-electron chi connectivity index (χ0n) is 12.4. The van der Waals surface area contributed by atoms with Crippen molar-refractivity contribution in [1.82, 2.24) is 0 Å². The Bertz CT molecular complexity index is 580. The minimum absolute atomic E-state index is 0.189. The van der Waals surface area contributed by atoms with Crippen molar-refractivity contribution >= 4 is 27.3 Å². The lowest BCUT2D eigenvalue weighted by molar-refractivity contribution is 0.612. The van der Waals surface area contributed by atoms with Crippen LogP contribution in [-0.2, 0) is 6.54 Å². The number of hydrogen-bond donors (Lipinski definition) is 1. The lowest BCUT2D eigenvalue weighted by Crippen LogP contribution is -2.21. The van der Waals surface area contributed by atoms with Gasteiger partial charge in [-0.2, -0.15) is 0 Å². The third kappa shape index (κ3) is 4.21. The van der Waals surface area contributed by atoms with Gasteiger partial charge in [-0.25, -0.2) is 4.39 Å². The Morgan fingerprint density at radius 2 is 1.71 bits per heavy atom. The number of hydrogen-bond acceptors (Lipinski definition) is 2. The summed E-state index contributed by atoms with van der Waals surface area (Å²) in [6.07, 6.45) is 0. The van der Waals surface area contributed by atoms with Crippen molar-refractivity contribution in [3.8, 4) is 0 Å². The number of nitrogens with zero attached hydrogens (tertiary/aromatic N) is 1. The summed E-state index contributed by atoms with van der Waals surface area (Å²) in [5.41, 5.74) is 2.85. The molecule has 0 bridgehead atoms. The molecule has 0 heterocycles. The third-order valence-electron chi connectivity index (χ3n) is 3.49. The SMILES string of the molecule is CCN(CC)c1ccc(NCc2cc(Br)ccc2F)cc1. The van der Waals surface area contributed by atoms with Crippen LogP contribution in [0, 0.1) is 5.82 Å². The van der Waals surface area contributed by atoms with E-state index in [1.54, 1.807) is 12.1 Å². The summed E-state index contributed by atoms with van der Waals surface area (Å²) in [5.74, 6) is -0.189. The summed E-state index contributed by atoms with van der Waals surface area (Å²) >= 11 is 3.36. The third-order valence-corrected chi connectivity index (χ3v) is 3.98. The van der Waals surface area contributed by atoms with Gasteiger partial charge in [-0.05, 0) is 56.3 Å². The van der Waals surface area contributed by atoms with E-state index in [2.05, 4.69) is 52.1 Å². The lowest BCUT2D eigenvalue weighted by atomic mass is 10.2. The molecule has 0 unspecified atom stereocenters. The molecule has 0 aromatic heterocycles. The minimum atomic E-state index is -0.189. The van der Waals surface area contributed by atoms with Gasteiger partial charge in [-0.15, -0.1) is 0 Å². The van der Waals surface area contributed by atoms with E-state index in [0.29, 0.717) is 12.1 Å². The van der Waals surface area contributed by atoms with Crippen LogP contribution in [0.1, 0.15) is 19.4 Å². The van der Waals surface area contributed by atoms with Gasteiger partial charge < -0.3 is 10.2 Å². The van der Waals surface area contributed by atoms with Crippen molar-refractivity contribution in [3.05, 3.63) is 58.3 Å². The van der Waals surface area contributed by atoms with E-state index in [0.717, 1.165) is 23.2 Å². The van der Waals surface area contributed by atoms with Crippen molar-refractivity contribution in [2.75, 3.05) is 23.3 Å². The number of anilines is 2. The van der Waals surface area contributed by atoms with Crippen LogP contribution < -0.4 is 10.2 Å². The second kappa shape index (κ2) is 7.46. The van der Waals surface area contributed by atoms with Crippen LogP contribution in [0.5, 0.6) is 0 Å². The van der Waals surface area contributed by atoms with Gasteiger partial charge >= 0.3 is 0 Å². The number of benzene rings is 2. The Hall–Kier alpha value is -1.55. The average molecular weight is 351 g/mol. The van der Waals surface area contributed by atoms with Crippen molar-refractivity contribution in [3.63, 3.8) is 0 Å². The van der Waals surface area contributed by atoms with Crippen LogP contribution in [-0.4, -0.2) is 13.1 Å². The van der Waals surface area contributed by atoms with Crippen molar-refractivity contribution in [2.24, 2.45) is 0 Å². The summed E-state index contributed by atoms with van der Waals surface area (Å²) in [6, 6.07) is 13.2. The Kier molecular flexibility index (Phi) is 5.62. The van der Waals surface area contributed by atoms with E-state index in [4.69, 9.17) is 0 Å². The topological polar surface area (TPSA) is 15.3 Å². The van der Waals surface area contributed by atoms with Crippen LogP contribution in [0.3, 0.4) is 0 Å². The zero-order chi connectivity index (χ0) is 15.2. The normalized spacial score (nSPS) is 10.5. The fourth-order valence-electron chi connectivity index (χ4n) is 2.25. The molecule has 0 fully saturated rings. The average Bonchev–Trinajstić information content (AvgIpc) is 2.51. The first-order chi connectivity index (χ1) is 10.1. The molecular weight excluding hydrogens is 331 g/mol. The largest absolute Gasteiger partial charge is 0.381 e. The smallest absolute Gasteiger partial charge is 0.128 e. The quantitative estimate of drug-likeness (QED) is 0.784. The number of halogens is 2. The molecule has 2 nitrogen and oxygen atoms in total. The Balaban J connectivity index is 2.02. The van der Waals surface area contributed by atoms with Crippen LogP contribution in [0.25, 0.3) is 0 Å². The molecule has 112 valence electrons. The van der Waals surface area contributed by atoms with Gasteiger partial charge in [0.25, 0.3) is 0 Å². The van der Waals surface area contributed by atoms with E-state index in [9.17, 15) is 4.39 Å². The van der Waals surface area contributed by atoms with E-state index in [1.807, 2.05) is 12.1 Å². The highest BCUT2D eigenvalue weighted by Crippen LogP contribution is 2.20. The number of rotatable bonds is 6. The fourth-order valence-corrected chi connectivity index (χ4v) is 2.66. The molecule has 0 aliphatic rings. The van der Waals surface area contributed by atoms with Crippen molar-refractivity contribution < 1.29 is 4.39 Å². The molecular formula is C17H20BrFN2. The van der Waals surface area contributed by atoms with Gasteiger partial charge in [0, 0.05) is 41.0 Å². The van der Waals surface area contributed by atoms with Gasteiger partial charge in [0.05, 0.1) is 0 Å². The Labute approximate surface area is 134 Å². The fraction of sp³-hybridized carbons (Fsp3) is 0.294. The van der Waals surface area contributed by atoms with E-state index in [-0.39, 0.29) is 5.82 Å². The molecule has 2 aromatic rings. The highest BCUT2D eigenvalue weighted by Gasteiger charge is 2.04. The molecule has 0 radical (unpaired) electrons. The van der Waals surface area contributed by atoms with E-state index >= 15 is 0 Å².